The molecule has 0 unspecified atom stereocenters. The number of nitrogens with zero attached hydrogens (tertiary/aromatic N) is 2. The molecule has 5 heteroatoms. The molecule has 0 bridgehead atoms. The number of anilines is 1. The lowest BCUT2D eigenvalue weighted by atomic mass is 9.73. The lowest BCUT2D eigenvalue weighted by Crippen LogP contribution is -2.48. The molecule has 1 aromatic heterocycles. The molecule has 1 spiro atoms. The molecule has 1 N–H and O–H groups in total. The predicted molar refractivity (Wildman–Crippen MR) is 86.1 cm³/mol. The van der Waals surface area contributed by atoms with Crippen LogP contribution in [0.4, 0.5) is 5.69 Å². The molecule has 0 aliphatic carbocycles. The van der Waals surface area contributed by atoms with E-state index in [1.54, 1.807) is 24.5 Å². The Bertz CT molecular complexity index is 765. The van der Waals surface area contributed by atoms with E-state index in [0.717, 1.165) is 11.3 Å². The molecule has 2 amide bonds. The van der Waals surface area contributed by atoms with E-state index in [2.05, 4.69) is 10.3 Å². The number of benzene rings is 1. The molecule has 0 atom stereocenters. The fraction of sp³-hybridized carbons (Fsp3) is 0.278. The summed E-state index contributed by atoms with van der Waals surface area (Å²) >= 11 is 0. The second kappa shape index (κ2) is 5.19. The Morgan fingerprint density at radius 1 is 1.09 bits per heavy atom. The fourth-order valence-electron chi connectivity index (χ4n) is 3.64. The minimum absolute atomic E-state index is 0.00828. The summed E-state index contributed by atoms with van der Waals surface area (Å²) in [7, 11) is 0. The number of likely N-dealkylation sites (tertiary alicyclic amines) is 1. The Kier molecular flexibility index (Phi) is 3.15. The van der Waals surface area contributed by atoms with Crippen molar-refractivity contribution in [2.45, 2.75) is 18.3 Å². The van der Waals surface area contributed by atoms with E-state index in [-0.39, 0.29) is 11.8 Å². The molecular formula is C18H17N3O2. The lowest BCUT2D eigenvalue weighted by molar-refractivity contribution is -0.122. The topological polar surface area (TPSA) is 62.3 Å². The number of rotatable bonds is 1. The van der Waals surface area contributed by atoms with Gasteiger partial charge in [-0.3, -0.25) is 14.6 Å². The largest absolute Gasteiger partial charge is 0.339 e. The average Bonchev–Trinajstić information content (AvgIpc) is 2.88. The minimum Gasteiger partial charge on any atom is -0.339 e. The van der Waals surface area contributed by atoms with Crippen molar-refractivity contribution in [1.29, 1.82) is 0 Å². The molecule has 0 radical (unpaired) electrons. The van der Waals surface area contributed by atoms with Gasteiger partial charge in [-0.05, 0) is 36.6 Å². The van der Waals surface area contributed by atoms with Crippen LogP contribution >= 0.6 is 0 Å². The third-order valence-electron chi connectivity index (χ3n) is 4.96. The van der Waals surface area contributed by atoms with Crippen LogP contribution in [0.5, 0.6) is 0 Å². The maximum absolute atomic E-state index is 12.5. The third-order valence-corrected chi connectivity index (χ3v) is 4.96. The van der Waals surface area contributed by atoms with E-state index in [1.165, 1.54) is 0 Å². The molecule has 23 heavy (non-hydrogen) atoms. The fourth-order valence-corrected chi connectivity index (χ4v) is 3.64. The Morgan fingerprint density at radius 2 is 1.78 bits per heavy atom. The van der Waals surface area contributed by atoms with Crippen molar-refractivity contribution in [2.75, 3.05) is 18.4 Å². The minimum atomic E-state index is -0.481. The number of para-hydroxylation sites is 1. The average molecular weight is 307 g/mol. The van der Waals surface area contributed by atoms with E-state index >= 15 is 0 Å². The predicted octanol–water partition coefficient (Wildman–Crippen LogP) is 2.21. The first-order chi connectivity index (χ1) is 11.2. The summed E-state index contributed by atoms with van der Waals surface area (Å²) < 4.78 is 0. The summed E-state index contributed by atoms with van der Waals surface area (Å²) in [5, 5.41) is 2.98. The van der Waals surface area contributed by atoms with Crippen molar-refractivity contribution >= 4 is 17.5 Å². The van der Waals surface area contributed by atoms with Crippen LogP contribution in [0.1, 0.15) is 28.8 Å². The van der Waals surface area contributed by atoms with Gasteiger partial charge in [-0.1, -0.05) is 18.2 Å². The number of carbonyl (C=O) groups excluding carboxylic acids is 2. The van der Waals surface area contributed by atoms with Gasteiger partial charge in [0.05, 0.1) is 5.41 Å². The van der Waals surface area contributed by atoms with Crippen molar-refractivity contribution < 1.29 is 9.59 Å². The molecule has 5 nitrogen and oxygen atoms in total. The lowest BCUT2D eigenvalue weighted by Gasteiger charge is -2.38. The second-order valence-corrected chi connectivity index (χ2v) is 6.11. The summed E-state index contributed by atoms with van der Waals surface area (Å²) in [5.41, 5.74) is 2.14. The zero-order valence-corrected chi connectivity index (χ0v) is 12.7. The quantitative estimate of drug-likeness (QED) is 0.878. The number of nitrogens with one attached hydrogen (secondary N) is 1. The Hall–Kier alpha value is -2.69. The smallest absolute Gasteiger partial charge is 0.253 e. The molecule has 2 aliphatic heterocycles. The van der Waals surface area contributed by atoms with Crippen LogP contribution in [0.2, 0.25) is 0 Å². The maximum Gasteiger partial charge on any atom is 0.253 e. The van der Waals surface area contributed by atoms with Crippen LogP contribution in [0.15, 0.2) is 48.8 Å². The van der Waals surface area contributed by atoms with Gasteiger partial charge < -0.3 is 10.2 Å². The molecular weight excluding hydrogens is 290 g/mol. The van der Waals surface area contributed by atoms with Gasteiger partial charge in [0.15, 0.2) is 0 Å². The standard InChI is InChI=1S/C18H17N3O2/c22-16(13-5-9-19-10-6-13)21-11-7-18(8-12-21)14-3-1-2-4-15(14)20-17(18)23/h1-6,9-10H,7-8,11-12H2,(H,20,23). The highest BCUT2D eigenvalue weighted by atomic mass is 16.2. The van der Waals surface area contributed by atoms with E-state index in [1.807, 2.05) is 29.2 Å². The number of pyridine rings is 1. The number of hydrogen-bond acceptors (Lipinski definition) is 3. The molecule has 0 saturated carbocycles. The van der Waals surface area contributed by atoms with Crippen LogP contribution < -0.4 is 5.32 Å². The van der Waals surface area contributed by atoms with Crippen molar-refractivity contribution in [1.82, 2.24) is 9.88 Å². The summed E-state index contributed by atoms with van der Waals surface area (Å²) in [6.45, 7) is 1.17. The normalized spacial score (nSPS) is 18.6. The summed E-state index contributed by atoms with van der Waals surface area (Å²) in [4.78, 5) is 30.8. The van der Waals surface area contributed by atoms with E-state index in [4.69, 9.17) is 0 Å². The van der Waals surface area contributed by atoms with E-state index < -0.39 is 5.41 Å². The van der Waals surface area contributed by atoms with Gasteiger partial charge in [0.25, 0.3) is 5.91 Å². The molecule has 1 fully saturated rings. The molecule has 3 heterocycles. The first-order valence-electron chi connectivity index (χ1n) is 7.81. The Balaban J connectivity index is 1.56. The number of hydrogen-bond donors (Lipinski definition) is 1. The van der Waals surface area contributed by atoms with Crippen molar-refractivity contribution in [2.24, 2.45) is 0 Å². The molecule has 4 rings (SSSR count). The summed E-state index contributed by atoms with van der Waals surface area (Å²) in [6, 6.07) is 11.3. The van der Waals surface area contributed by atoms with Gasteiger partial charge in [0, 0.05) is 36.7 Å². The van der Waals surface area contributed by atoms with Crippen LogP contribution in [-0.4, -0.2) is 34.8 Å². The van der Waals surface area contributed by atoms with E-state index in [9.17, 15) is 9.59 Å². The number of carbonyl (C=O) groups is 2. The van der Waals surface area contributed by atoms with Gasteiger partial charge >= 0.3 is 0 Å². The maximum atomic E-state index is 12.5. The molecule has 2 aliphatic rings. The highest BCUT2D eigenvalue weighted by Gasteiger charge is 2.48. The molecule has 116 valence electrons. The van der Waals surface area contributed by atoms with Crippen LogP contribution in [-0.2, 0) is 10.2 Å². The number of amides is 2. The molecule has 1 saturated heterocycles. The number of piperidine rings is 1. The zero-order valence-electron chi connectivity index (χ0n) is 12.7. The second-order valence-electron chi connectivity index (χ2n) is 6.11. The first kappa shape index (κ1) is 13.9. The first-order valence-corrected chi connectivity index (χ1v) is 7.81. The summed E-state index contributed by atoms with van der Waals surface area (Å²) in [6.07, 6.45) is 4.57. The Labute approximate surface area is 134 Å². The monoisotopic (exact) mass is 307 g/mol. The van der Waals surface area contributed by atoms with Gasteiger partial charge in [0.2, 0.25) is 5.91 Å². The van der Waals surface area contributed by atoms with Gasteiger partial charge in [-0.25, -0.2) is 0 Å². The SMILES string of the molecule is O=C(c1ccncc1)N1CCC2(CC1)C(=O)Nc1ccccc12. The molecule has 1 aromatic carbocycles. The highest BCUT2D eigenvalue weighted by molar-refractivity contribution is 6.06. The van der Waals surface area contributed by atoms with Crippen LogP contribution in [0, 0.1) is 0 Å². The third kappa shape index (κ3) is 2.11. The van der Waals surface area contributed by atoms with Crippen LogP contribution in [0.25, 0.3) is 0 Å². The number of fused-ring (bicyclic) bond motifs is 2. The van der Waals surface area contributed by atoms with Gasteiger partial charge in [-0.2, -0.15) is 0 Å². The summed E-state index contributed by atoms with van der Waals surface area (Å²) in [5.74, 6) is 0.0728. The Morgan fingerprint density at radius 3 is 2.52 bits per heavy atom. The molecule has 2 aromatic rings. The van der Waals surface area contributed by atoms with Gasteiger partial charge in [-0.15, -0.1) is 0 Å². The van der Waals surface area contributed by atoms with Crippen molar-refractivity contribution in [3.05, 3.63) is 59.9 Å². The zero-order chi connectivity index (χ0) is 15.9. The van der Waals surface area contributed by atoms with Gasteiger partial charge in [0.1, 0.15) is 0 Å². The van der Waals surface area contributed by atoms with Crippen molar-refractivity contribution in [3.8, 4) is 0 Å². The van der Waals surface area contributed by atoms with E-state index in [0.29, 0.717) is 31.5 Å². The van der Waals surface area contributed by atoms with Crippen molar-refractivity contribution in [3.63, 3.8) is 0 Å². The number of aromatic nitrogens is 1. The van der Waals surface area contributed by atoms with Crippen LogP contribution in [0.3, 0.4) is 0 Å². The highest BCUT2D eigenvalue weighted by Crippen LogP contribution is 2.44.